The molecule has 6 heteroatoms. The highest BCUT2D eigenvalue weighted by Crippen LogP contribution is 2.41. The molecule has 2 aromatic carbocycles. The second-order valence-corrected chi connectivity index (χ2v) is 9.16. The van der Waals surface area contributed by atoms with Crippen LogP contribution in [0.2, 0.25) is 0 Å². The van der Waals surface area contributed by atoms with Crippen LogP contribution < -0.4 is 5.32 Å². The lowest BCUT2D eigenvalue weighted by Crippen LogP contribution is -2.24. The van der Waals surface area contributed by atoms with E-state index in [0.29, 0.717) is 5.56 Å². The van der Waals surface area contributed by atoms with Gasteiger partial charge in [-0.3, -0.25) is 14.6 Å². The van der Waals surface area contributed by atoms with Crippen molar-refractivity contribution in [2.75, 3.05) is 18.4 Å². The number of carboxylic acid groups (broad SMARTS) is 1. The Morgan fingerprint density at radius 2 is 1.88 bits per heavy atom. The summed E-state index contributed by atoms with van der Waals surface area (Å²) in [6.07, 6.45) is 8.39. The van der Waals surface area contributed by atoms with Crippen LogP contribution in [0.15, 0.2) is 47.6 Å². The van der Waals surface area contributed by atoms with Crippen molar-refractivity contribution < 1.29 is 14.7 Å². The minimum atomic E-state index is -0.727. The maximum Gasteiger partial charge on any atom is 0.303 e. The van der Waals surface area contributed by atoms with Crippen molar-refractivity contribution in [1.29, 1.82) is 0 Å². The Morgan fingerprint density at radius 1 is 1.12 bits per heavy atom. The first-order chi connectivity index (χ1) is 16.0. The van der Waals surface area contributed by atoms with E-state index in [2.05, 4.69) is 28.4 Å². The molecule has 1 aliphatic heterocycles. The van der Waals surface area contributed by atoms with Crippen molar-refractivity contribution in [2.45, 2.75) is 57.8 Å². The zero-order valence-corrected chi connectivity index (χ0v) is 19.3. The Kier molecular flexibility index (Phi) is 7.43. The summed E-state index contributed by atoms with van der Waals surface area (Å²) < 4.78 is 0. The summed E-state index contributed by atoms with van der Waals surface area (Å²) in [7, 11) is 0. The third kappa shape index (κ3) is 5.81. The Hall–Kier alpha value is -3.15. The van der Waals surface area contributed by atoms with Gasteiger partial charge in [-0.25, -0.2) is 0 Å². The van der Waals surface area contributed by atoms with Gasteiger partial charge in [-0.2, -0.15) is 5.10 Å². The van der Waals surface area contributed by atoms with Gasteiger partial charge < -0.3 is 10.4 Å². The normalized spacial score (nSPS) is 20.5. The summed E-state index contributed by atoms with van der Waals surface area (Å²) in [4.78, 5) is 24.0. The number of hydrogen-bond donors (Lipinski definition) is 2. The molecule has 174 valence electrons. The number of fused-ring (bicyclic) bond motifs is 1. The average Bonchev–Trinajstić information content (AvgIpc) is 2.83. The summed E-state index contributed by atoms with van der Waals surface area (Å²) in [5.74, 6) is -0.429. The SMILES string of the molecule is CCC1c2ccc(NC(=O)c3ccc(C=NN4CCCCC4)cc3)cc2CCC1CC(=O)O. The number of aryl methyl sites for hydroxylation is 1. The fourth-order valence-corrected chi connectivity index (χ4v) is 5.14. The lowest BCUT2D eigenvalue weighted by Gasteiger charge is -2.32. The molecule has 0 saturated carbocycles. The van der Waals surface area contributed by atoms with Crippen LogP contribution in [-0.4, -0.2) is 41.3 Å². The predicted octanol–water partition coefficient (Wildman–Crippen LogP) is 5.29. The van der Waals surface area contributed by atoms with Crippen LogP contribution in [0.3, 0.4) is 0 Å². The van der Waals surface area contributed by atoms with Crippen molar-refractivity contribution in [1.82, 2.24) is 5.01 Å². The van der Waals surface area contributed by atoms with Crippen molar-refractivity contribution >= 4 is 23.8 Å². The van der Waals surface area contributed by atoms with E-state index < -0.39 is 5.97 Å². The van der Waals surface area contributed by atoms with Gasteiger partial charge in [0.15, 0.2) is 0 Å². The van der Waals surface area contributed by atoms with E-state index in [9.17, 15) is 14.7 Å². The quantitative estimate of drug-likeness (QED) is 0.565. The second-order valence-electron chi connectivity index (χ2n) is 9.16. The molecule has 2 aromatic rings. The molecule has 33 heavy (non-hydrogen) atoms. The van der Waals surface area contributed by atoms with Gasteiger partial charge in [-0.1, -0.05) is 25.1 Å². The number of hydrogen-bond acceptors (Lipinski definition) is 4. The third-order valence-corrected chi connectivity index (χ3v) is 6.91. The van der Waals surface area contributed by atoms with E-state index in [1.165, 1.54) is 30.4 Å². The van der Waals surface area contributed by atoms with Gasteiger partial charge in [0.25, 0.3) is 5.91 Å². The smallest absolute Gasteiger partial charge is 0.303 e. The second kappa shape index (κ2) is 10.6. The van der Waals surface area contributed by atoms with Crippen LogP contribution in [-0.2, 0) is 11.2 Å². The number of anilines is 1. The highest BCUT2D eigenvalue weighted by atomic mass is 16.4. The molecule has 2 unspecified atom stereocenters. The predicted molar refractivity (Wildman–Crippen MR) is 131 cm³/mol. The average molecular weight is 448 g/mol. The molecule has 0 aromatic heterocycles. The lowest BCUT2D eigenvalue weighted by molar-refractivity contribution is -0.138. The molecule has 2 aliphatic rings. The molecule has 4 rings (SSSR count). The molecule has 0 spiro atoms. The number of piperidine rings is 1. The number of hydrazone groups is 1. The summed E-state index contributed by atoms with van der Waals surface area (Å²) >= 11 is 0. The first-order valence-corrected chi connectivity index (χ1v) is 12.1. The monoisotopic (exact) mass is 447 g/mol. The van der Waals surface area contributed by atoms with Gasteiger partial charge >= 0.3 is 5.97 Å². The van der Waals surface area contributed by atoms with E-state index in [4.69, 9.17) is 0 Å². The minimum Gasteiger partial charge on any atom is -0.481 e. The van der Waals surface area contributed by atoms with Gasteiger partial charge in [-0.05, 0) is 91.3 Å². The Labute approximate surface area is 195 Å². The van der Waals surface area contributed by atoms with Crippen LogP contribution in [0.1, 0.15) is 78.4 Å². The zero-order chi connectivity index (χ0) is 23.2. The molecule has 1 heterocycles. The number of carboxylic acids is 1. The van der Waals surface area contributed by atoms with Crippen LogP contribution >= 0.6 is 0 Å². The molecular weight excluding hydrogens is 414 g/mol. The number of benzene rings is 2. The summed E-state index contributed by atoms with van der Waals surface area (Å²) in [6.45, 7) is 4.14. The molecule has 2 atom stereocenters. The number of amides is 1. The number of nitrogens with one attached hydrogen (secondary N) is 1. The molecule has 0 bridgehead atoms. The maximum absolute atomic E-state index is 12.8. The zero-order valence-electron chi connectivity index (χ0n) is 19.3. The largest absolute Gasteiger partial charge is 0.481 e. The van der Waals surface area contributed by atoms with Crippen LogP contribution in [0.5, 0.6) is 0 Å². The Balaban J connectivity index is 1.39. The van der Waals surface area contributed by atoms with Crippen molar-refractivity contribution in [2.24, 2.45) is 11.0 Å². The lowest BCUT2D eigenvalue weighted by atomic mass is 9.72. The van der Waals surface area contributed by atoms with Crippen LogP contribution in [0, 0.1) is 5.92 Å². The number of nitrogens with zero attached hydrogens (tertiary/aromatic N) is 2. The fraction of sp³-hybridized carbons (Fsp3) is 0.444. The maximum atomic E-state index is 12.8. The van der Waals surface area contributed by atoms with E-state index in [1.807, 2.05) is 42.6 Å². The number of carbonyl (C=O) groups excluding carboxylic acids is 1. The van der Waals surface area contributed by atoms with Gasteiger partial charge in [0, 0.05) is 30.8 Å². The van der Waals surface area contributed by atoms with Crippen molar-refractivity contribution in [3.8, 4) is 0 Å². The van der Waals surface area contributed by atoms with Gasteiger partial charge in [0.2, 0.25) is 0 Å². The molecule has 1 saturated heterocycles. The molecule has 1 aliphatic carbocycles. The first-order valence-electron chi connectivity index (χ1n) is 12.1. The minimum absolute atomic E-state index is 0.138. The summed E-state index contributed by atoms with van der Waals surface area (Å²) in [5.41, 5.74) is 4.81. The fourth-order valence-electron chi connectivity index (χ4n) is 5.14. The topological polar surface area (TPSA) is 82.0 Å². The van der Waals surface area contributed by atoms with Crippen LogP contribution in [0.4, 0.5) is 5.69 Å². The highest BCUT2D eigenvalue weighted by molar-refractivity contribution is 6.04. The highest BCUT2D eigenvalue weighted by Gasteiger charge is 2.30. The van der Waals surface area contributed by atoms with E-state index in [1.54, 1.807) is 0 Å². The van der Waals surface area contributed by atoms with Gasteiger partial charge in [0.1, 0.15) is 0 Å². The number of aliphatic carboxylic acids is 1. The molecular formula is C27H33N3O3. The van der Waals surface area contributed by atoms with Crippen molar-refractivity contribution in [3.63, 3.8) is 0 Å². The van der Waals surface area contributed by atoms with Crippen molar-refractivity contribution in [3.05, 3.63) is 64.7 Å². The Morgan fingerprint density at radius 3 is 2.58 bits per heavy atom. The van der Waals surface area contributed by atoms with Gasteiger partial charge in [0.05, 0.1) is 6.21 Å². The van der Waals surface area contributed by atoms with Gasteiger partial charge in [-0.15, -0.1) is 0 Å². The number of rotatable bonds is 7. The Bertz CT molecular complexity index is 1010. The van der Waals surface area contributed by atoms with E-state index in [-0.39, 0.29) is 24.2 Å². The summed E-state index contributed by atoms with van der Waals surface area (Å²) in [5, 5.41) is 18.9. The molecule has 6 nitrogen and oxygen atoms in total. The molecule has 1 amide bonds. The third-order valence-electron chi connectivity index (χ3n) is 6.91. The molecule has 2 N–H and O–H groups in total. The molecule has 1 fully saturated rings. The van der Waals surface area contributed by atoms with Crippen LogP contribution in [0.25, 0.3) is 0 Å². The molecule has 0 radical (unpaired) electrons. The van der Waals surface area contributed by atoms with E-state index >= 15 is 0 Å². The first kappa shape index (κ1) is 23.0. The summed E-state index contributed by atoms with van der Waals surface area (Å²) in [6, 6.07) is 13.5. The standard InChI is InChI=1S/C27H33N3O3/c1-2-24-22(17-26(31)32)11-10-21-16-23(12-13-25(21)24)29-27(33)20-8-6-19(7-9-20)18-28-30-14-4-3-5-15-30/h6-9,12-13,16,18,22,24H,2-5,10-11,14-15,17H2,1H3,(H,29,33)(H,31,32). The number of carbonyl (C=O) groups is 2. The van der Waals surface area contributed by atoms with E-state index in [0.717, 1.165) is 43.6 Å².